The average molecular weight is 658 g/mol. The molecule has 1 aromatic carbocycles. The van der Waals surface area contributed by atoms with E-state index in [2.05, 4.69) is 71.6 Å². The molecule has 0 aromatic heterocycles. The Morgan fingerprint density at radius 1 is 0.896 bits per heavy atom. The molecule has 2 N–H and O–H groups in total. The number of aliphatic carboxylic acids is 1. The number of hydrogen-bond donors (Lipinski definition) is 2. The maximum atomic E-state index is 12.8. The predicted octanol–water partition coefficient (Wildman–Crippen LogP) is 9.11. The van der Waals surface area contributed by atoms with Gasteiger partial charge < -0.3 is 15.2 Å². The molecule has 6 nitrogen and oxygen atoms in total. The van der Waals surface area contributed by atoms with Crippen LogP contribution in [-0.2, 0) is 14.3 Å². The third kappa shape index (κ3) is 5.21. The molecular weight excluding hydrogens is 598 g/mol. The van der Waals surface area contributed by atoms with Gasteiger partial charge in [-0.2, -0.15) is 0 Å². The summed E-state index contributed by atoms with van der Waals surface area (Å²) in [5.41, 5.74) is 5.21. The smallest absolute Gasteiger partial charge is 0.337 e. The summed E-state index contributed by atoms with van der Waals surface area (Å²) >= 11 is 0. The van der Waals surface area contributed by atoms with Gasteiger partial charge in [0.05, 0.1) is 19.1 Å². The first-order chi connectivity index (χ1) is 22.5. The predicted molar refractivity (Wildman–Crippen MR) is 190 cm³/mol. The van der Waals surface area contributed by atoms with Crippen molar-refractivity contribution >= 4 is 23.4 Å². The largest absolute Gasteiger partial charge is 0.481 e. The van der Waals surface area contributed by atoms with Crippen LogP contribution in [0.1, 0.15) is 128 Å². The van der Waals surface area contributed by atoms with Gasteiger partial charge >= 0.3 is 11.9 Å². The normalized spacial score (nSPS) is 39.5. The Morgan fingerprint density at radius 3 is 2.25 bits per heavy atom. The third-order valence-corrected chi connectivity index (χ3v) is 15.6. The Morgan fingerprint density at radius 2 is 1.60 bits per heavy atom. The fourth-order valence-electron chi connectivity index (χ4n) is 13.2. The van der Waals surface area contributed by atoms with Crippen LogP contribution in [0.2, 0.25) is 0 Å². The van der Waals surface area contributed by atoms with Gasteiger partial charge in [-0.05, 0) is 145 Å². The van der Waals surface area contributed by atoms with Crippen LogP contribution < -0.4 is 5.32 Å². The minimum Gasteiger partial charge on any atom is -0.481 e. The second-order valence-corrected chi connectivity index (χ2v) is 17.8. The topological polar surface area (TPSA) is 92.7 Å². The average Bonchev–Trinajstić information content (AvgIpc) is 3.43. The van der Waals surface area contributed by atoms with Gasteiger partial charge in [0.25, 0.3) is 0 Å². The number of rotatable bonds is 8. The highest BCUT2D eigenvalue weighted by atomic mass is 16.5. The van der Waals surface area contributed by atoms with E-state index in [1.807, 2.05) is 12.1 Å². The molecule has 6 rings (SSSR count). The van der Waals surface area contributed by atoms with Crippen molar-refractivity contribution in [2.45, 2.75) is 112 Å². The van der Waals surface area contributed by atoms with Gasteiger partial charge in [0.1, 0.15) is 0 Å². The number of nitrogens with one attached hydrogen (secondary N) is 1. The highest BCUT2D eigenvalue weighted by molar-refractivity contribution is 5.90. The van der Waals surface area contributed by atoms with Gasteiger partial charge in [0.15, 0.2) is 0 Å². The molecule has 4 fully saturated rings. The molecule has 9 unspecified atom stereocenters. The van der Waals surface area contributed by atoms with Crippen molar-refractivity contribution in [3.8, 4) is 0 Å². The molecule has 0 saturated heterocycles. The summed E-state index contributed by atoms with van der Waals surface area (Å²) in [6, 6.07) is 8.00. The number of carboxylic acids is 1. The Kier molecular flexibility index (Phi) is 8.85. The molecule has 0 spiro atoms. The molecule has 4 saturated carbocycles. The van der Waals surface area contributed by atoms with E-state index in [1.54, 1.807) is 0 Å². The molecule has 5 aliphatic carbocycles. The van der Waals surface area contributed by atoms with E-state index in [9.17, 15) is 14.4 Å². The number of carbonyl (C=O) groups excluding carboxylic acids is 2. The number of fused-ring (bicyclic) bond motifs is 7. The lowest BCUT2D eigenvalue weighted by molar-refractivity contribution is -0.225. The zero-order valence-electron chi connectivity index (χ0n) is 30.5. The standard InChI is InChI=1S/C42H59NO5/c1-26(2)29-17-22-42(25-43-34(44)15-16-35(45)46)24-23-40(6)31(36(29)42)13-14-33-39(5)20-18-30(27-9-11-28(12-10-27)37(47)48-8)38(3,4)32(39)19-21-41(33,40)7/h9-12,18,29,31-33,36H,1,13-17,19-25H2,2-8H3,(H,43,44)(H,45,46). The number of amides is 1. The number of ether oxygens (including phenoxy) is 1. The van der Waals surface area contributed by atoms with Gasteiger partial charge in [0.2, 0.25) is 5.91 Å². The maximum absolute atomic E-state index is 12.8. The Labute approximate surface area is 288 Å². The van der Waals surface area contributed by atoms with Gasteiger partial charge in [0, 0.05) is 13.0 Å². The molecule has 1 amide bonds. The molecule has 0 radical (unpaired) electrons. The van der Waals surface area contributed by atoms with Crippen molar-refractivity contribution in [2.24, 2.45) is 56.7 Å². The van der Waals surface area contributed by atoms with Crippen molar-refractivity contribution in [1.29, 1.82) is 0 Å². The minimum atomic E-state index is -0.923. The first kappa shape index (κ1) is 35.0. The van der Waals surface area contributed by atoms with Crippen LogP contribution in [-0.4, -0.2) is 36.6 Å². The van der Waals surface area contributed by atoms with E-state index < -0.39 is 5.97 Å². The Balaban J connectivity index is 1.29. The van der Waals surface area contributed by atoms with Crippen molar-refractivity contribution < 1.29 is 24.2 Å². The minimum absolute atomic E-state index is 0.00985. The highest BCUT2D eigenvalue weighted by Crippen LogP contribution is 2.77. The van der Waals surface area contributed by atoms with E-state index in [-0.39, 0.29) is 51.8 Å². The molecule has 9 atom stereocenters. The summed E-state index contributed by atoms with van der Waals surface area (Å²) in [6.45, 7) is 20.2. The molecule has 0 bridgehead atoms. The number of carboxylic acid groups (broad SMARTS) is 1. The Hall–Kier alpha value is -2.89. The van der Waals surface area contributed by atoms with Gasteiger partial charge in [-0.1, -0.05) is 65.0 Å². The fourth-order valence-corrected chi connectivity index (χ4v) is 13.2. The summed E-state index contributed by atoms with van der Waals surface area (Å²) in [6.07, 6.45) is 13.0. The zero-order chi connectivity index (χ0) is 34.9. The number of allylic oxidation sites excluding steroid dienone is 3. The first-order valence-corrected chi connectivity index (χ1v) is 18.6. The molecule has 0 aliphatic heterocycles. The number of benzene rings is 1. The van der Waals surface area contributed by atoms with Gasteiger partial charge in [-0.25, -0.2) is 4.79 Å². The maximum Gasteiger partial charge on any atom is 0.337 e. The highest BCUT2D eigenvalue weighted by Gasteiger charge is 2.70. The SMILES string of the molecule is C=C(C)C1CCC2(CNC(=O)CCC(=O)O)CCC3(C)C(CCC4C5(C)CC=C(c6ccc(C(=O)OC)cc6)C(C)(C)C5CCC43C)C12. The number of hydrogen-bond acceptors (Lipinski definition) is 4. The number of esters is 1. The quantitative estimate of drug-likeness (QED) is 0.215. The summed E-state index contributed by atoms with van der Waals surface area (Å²) in [7, 11) is 1.43. The molecule has 6 heteroatoms. The Bertz CT molecular complexity index is 1510. The second-order valence-electron chi connectivity index (χ2n) is 17.8. The lowest BCUT2D eigenvalue weighted by Crippen LogP contribution is -2.66. The second kappa shape index (κ2) is 12.2. The van der Waals surface area contributed by atoms with E-state index in [0.717, 1.165) is 25.7 Å². The number of carbonyl (C=O) groups is 3. The first-order valence-electron chi connectivity index (χ1n) is 18.6. The summed E-state index contributed by atoms with van der Waals surface area (Å²) < 4.78 is 4.94. The van der Waals surface area contributed by atoms with Crippen LogP contribution in [0, 0.1) is 56.7 Å². The van der Waals surface area contributed by atoms with Crippen LogP contribution in [0.5, 0.6) is 0 Å². The van der Waals surface area contributed by atoms with Crippen molar-refractivity contribution in [1.82, 2.24) is 5.32 Å². The monoisotopic (exact) mass is 657 g/mol. The summed E-state index contributed by atoms with van der Waals surface area (Å²) in [4.78, 5) is 36.0. The molecule has 262 valence electrons. The van der Waals surface area contributed by atoms with Crippen LogP contribution in [0.15, 0.2) is 42.5 Å². The number of methoxy groups -OCH3 is 1. The zero-order valence-corrected chi connectivity index (χ0v) is 30.5. The summed E-state index contributed by atoms with van der Waals surface area (Å²) in [5.74, 6) is 1.41. The fraction of sp³-hybridized carbons (Fsp3) is 0.690. The van der Waals surface area contributed by atoms with Gasteiger partial charge in [-0.15, -0.1) is 0 Å². The molecule has 48 heavy (non-hydrogen) atoms. The third-order valence-electron chi connectivity index (χ3n) is 15.6. The lowest BCUT2D eigenvalue weighted by atomic mass is 9.32. The van der Waals surface area contributed by atoms with Crippen molar-refractivity contribution in [3.63, 3.8) is 0 Å². The van der Waals surface area contributed by atoms with E-state index in [0.29, 0.717) is 41.7 Å². The molecule has 0 heterocycles. The van der Waals surface area contributed by atoms with Crippen molar-refractivity contribution in [3.05, 3.63) is 53.6 Å². The molecule has 1 aromatic rings. The van der Waals surface area contributed by atoms with Crippen LogP contribution in [0.25, 0.3) is 5.57 Å². The molecular formula is C42H59NO5. The summed E-state index contributed by atoms with van der Waals surface area (Å²) in [5, 5.41) is 12.3. The van der Waals surface area contributed by atoms with E-state index in [1.165, 1.54) is 55.9 Å². The van der Waals surface area contributed by atoms with Crippen molar-refractivity contribution in [2.75, 3.05) is 13.7 Å². The van der Waals surface area contributed by atoms with Gasteiger partial charge in [-0.3, -0.25) is 9.59 Å². The van der Waals surface area contributed by atoms with Crippen LogP contribution >= 0.6 is 0 Å². The molecule has 5 aliphatic rings. The van der Waals surface area contributed by atoms with Crippen LogP contribution in [0.3, 0.4) is 0 Å². The van der Waals surface area contributed by atoms with E-state index >= 15 is 0 Å². The lowest BCUT2D eigenvalue weighted by Gasteiger charge is -2.72. The van der Waals surface area contributed by atoms with Crippen LogP contribution in [0.4, 0.5) is 0 Å². The van der Waals surface area contributed by atoms with E-state index in [4.69, 9.17) is 9.84 Å².